The van der Waals surface area contributed by atoms with Gasteiger partial charge >= 0.3 is 6.09 Å². The van der Waals surface area contributed by atoms with Gasteiger partial charge in [0, 0.05) is 19.4 Å². The van der Waals surface area contributed by atoms with Crippen LogP contribution in [0.5, 0.6) is 0 Å². The number of carbonyl (C=O) groups is 2. The number of carbonyl (C=O) groups excluding carboxylic acids is 2. The minimum absolute atomic E-state index is 0.170. The van der Waals surface area contributed by atoms with Crippen LogP contribution in [0.4, 0.5) is 16.3 Å². The van der Waals surface area contributed by atoms with Gasteiger partial charge in [-0.05, 0) is 44.5 Å². The van der Waals surface area contributed by atoms with Crippen LogP contribution < -0.4 is 10.2 Å². The molecule has 0 bridgehead atoms. The third-order valence-corrected chi connectivity index (χ3v) is 4.59. The Bertz CT molecular complexity index is 1120. The van der Waals surface area contributed by atoms with Crippen molar-refractivity contribution in [3.05, 3.63) is 47.8 Å². The van der Waals surface area contributed by atoms with Gasteiger partial charge in [0.1, 0.15) is 11.4 Å². The standard InChI is InChI=1S/C22H27N5O4/c1-14(29)27(18-11-23-26(5)19(18)13-28)12-15-6-7-16-8-9-20(24-17(16)10-15)25-21(30)31-22(2,3)4/h6-11,28H,12-13H2,1-5H3,(H,24,25,30). The van der Waals surface area contributed by atoms with Crippen LogP contribution in [-0.4, -0.2) is 37.5 Å². The number of rotatable bonds is 5. The number of amides is 2. The first-order chi connectivity index (χ1) is 14.6. The molecule has 3 rings (SSSR count). The molecule has 2 aromatic heterocycles. The van der Waals surface area contributed by atoms with Crippen molar-refractivity contribution in [2.24, 2.45) is 7.05 Å². The van der Waals surface area contributed by atoms with E-state index in [2.05, 4.69) is 15.4 Å². The molecule has 2 heterocycles. The average molecular weight is 425 g/mol. The number of nitrogens with one attached hydrogen (secondary N) is 1. The summed E-state index contributed by atoms with van der Waals surface area (Å²) >= 11 is 0. The summed E-state index contributed by atoms with van der Waals surface area (Å²) in [6.07, 6.45) is 0.987. The Labute approximate surface area is 180 Å². The van der Waals surface area contributed by atoms with Crippen molar-refractivity contribution >= 4 is 34.4 Å². The number of hydrogen-bond donors (Lipinski definition) is 2. The Kier molecular flexibility index (Phi) is 6.26. The lowest BCUT2D eigenvalue weighted by atomic mass is 10.1. The number of aryl methyl sites for hydroxylation is 1. The van der Waals surface area contributed by atoms with E-state index in [0.29, 0.717) is 22.7 Å². The Morgan fingerprint density at radius 2 is 1.94 bits per heavy atom. The number of aromatic nitrogens is 3. The highest BCUT2D eigenvalue weighted by molar-refractivity contribution is 5.92. The van der Waals surface area contributed by atoms with Crippen molar-refractivity contribution in [2.45, 2.75) is 46.4 Å². The Morgan fingerprint density at radius 1 is 1.23 bits per heavy atom. The molecule has 164 valence electrons. The van der Waals surface area contributed by atoms with Gasteiger partial charge in [-0.1, -0.05) is 12.1 Å². The number of fused-ring (bicyclic) bond motifs is 1. The van der Waals surface area contributed by atoms with Gasteiger partial charge in [0.05, 0.1) is 36.2 Å². The molecular weight excluding hydrogens is 398 g/mol. The van der Waals surface area contributed by atoms with Crippen LogP contribution >= 0.6 is 0 Å². The molecule has 9 nitrogen and oxygen atoms in total. The topological polar surface area (TPSA) is 110 Å². The molecule has 0 fully saturated rings. The maximum atomic E-state index is 12.3. The van der Waals surface area contributed by atoms with Gasteiger partial charge in [0.25, 0.3) is 0 Å². The molecule has 31 heavy (non-hydrogen) atoms. The number of pyridine rings is 1. The second-order valence-electron chi connectivity index (χ2n) is 8.21. The number of anilines is 2. The maximum absolute atomic E-state index is 12.3. The van der Waals surface area contributed by atoms with Crippen LogP contribution in [0.25, 0.3) is 10.9 Å². The normalized spacial score (nSPS) is 11.4. The van der Waals surface area contributed by atoms with Gasteiger partial charge < -0.3 is 14.7 Å². The molecule has 0 aliphatic carbocycles. The second kappa shape index (κ2) is 8.73. The number of aliphatic hydroxyl groups excluding tert-OH is 1. The van der Waals surface area contributed by atoms with E-state index in [0.717, 1.165) is 10.9 Å². The van der Waals surface area contributed by atoms with E-state index in [-0.39, 0.29) is 19.1 Å². The predicted molar refractivity (Wildman–Crippen MR) is 118 cm³/mol. The molecule has 0 saturated heterocycles. The molecular formula is C22H27N5O4. The van der Waals surface area contributed by atoms with E-state index >= 15 is 0 Å². The summed E-state index contributed by atoms with van der Waals surface area (Å²) in [5.74, 6) is 0.202. The van der Waals surface area contributed by atoms with Crippen LogP contribution in [0.15, 0.2) is 36.5 Å². The first kappa shape index (κ1) is 22.2. The van der Waals surface area contributed by atoms with E-state index in [4.69, 9.17) is 4.74 Å². The Morgan fingerprint density at radius 3 is 2.58 bits per heavy atom. The molecule has 0 atom stereocenters. The fourth-order valence-electron chi connectivity index (χ4n) is 3.15. The Balaban J connectivity index is 1.86. The summed E-state index contributed by atoms with van der Waals surface area (Å²) in [7, 11) is 1.71. The van der Waals surface area contributed by atoms with E-state index in [1.165, 1.54) is 6.92 Å². The Hall–Kier alpha value is -3.46. The quantitative estimate of drug-likeness (QED) is 0.649. The average Bonchev–Trinajstić information content (AvgIpc) is 3.04. The molecule has 9 heteroatoms. The van der Waals surface area contributed by atoms with Crippen LogP contribution in [0.3, 0.4) is 0 Å². The van der Waals surface area contributed by atoms with Crippen LogP contribution in [0.1, 0.15) is 39.0 Å². The number of aliphatic hydroxyl groups is 1. The summed E-state index contributed by atoms with van der Waals surface area (Å²) in [5.41, 5.74) is 2.02. The molecule has 2 N–H and O–H groups in total. The fraction of sp³-hybridized carbons (Fsp3) is 0.364. The van der Waals surface area contributed by atoms with Crippen LogP contribution in [-0.2, 0) is 29.7 Å². The van der Waals surface area contributed by atoms with Crippen LogP contribution in [0, 0.1) is 0 Å². The van der Waals surface area contributed by atoms with Crippen molar-refractivity contribution in [3.63, 3.8) is 0 Å². The van der Waals surface area contributed by atoms with Crippen molar-refractivity contribution in [1.82, 2.24) is 14.8 Å². The van der Waals surface area contributed by atoms with Gasteiger partial charge in [-0.25, -0.2) is 9.78 Å². The van der Waals surface area contributed by atoms with Crippen molar-refractivity contribution in [1.29, 1.82) is 0 Å². The molecule has 0 unspecified atom stereocenters. The summed E-state index contributed by atoms with van der Waals surface area (Å²) in [6, 6.07) is 9.24. The molecule has 0 aliphatic heterocycles. The van der Waals surface area contributed by atoms with Gasteiger partial charge in [-0.15, -0.1) is 0 Å². The van der Waals surface area contributed by atoms with E-state index in [9.17, 15) is 14.7 Å². The highest BCUT2D eigenvalue weighted by Crippen LogP contribution is 2.24. The minimum Gasteiger partial charge on any atom is -0.444 e. The van der Waals surface area contributed by atoms with Crippen molar-refractivity contribution < 1.29 is 19.4 Å². The number of nitrogens with zero attached hydrogens (tertiary/aromatic N) is 4. The molecule has 1 aromatic carbocycles. The minimum atomic E-state index is -0.607. The lowest BCUT2D eigenvalue weighted by Crippen LogP contribution is -2.28. The fourth-order valence-corrected chi connectivity index (χ4v) is 3.15. The zero-order valence-corrected chi connectivity index (χ0v) is 18.3. The van der Waals surface area contributed by atoms with E-state index in [1.807, 2.05) is 24.3 Å². The van der Waals surface area contributed by atoms with Crippen molar-refractivity contribution in [3.8, 4) is 0 Å². The molecule has 0 saturated carbocycles. The molecule has 0 radical (unpaired) electrons. The molecule has 0 aliphatic rings. The third kappa shape index (κ3) is 5.37. The zero-order valence-electron chi connectivity index (χ0n) is 18.3. The highest BCUT2D eigenvalue weighted by atomic mass is 16.6. The van der Waals surface area contributed by atoms with E-state index in [1.54, 1.807) is 49.7 Å². The molecule has 0 spiro atoms. The zero-order chi connectivity index (χ0) is 22.8. The maximum Gasteiger partial charge on any atom is 0.413 e. The van der Waals surface area contributed by atoms with Crippen molar-refractivity contribution in [2.75, 3.05) is 10.2 Å². The summed E-state index contributed by atoms with van der Waals surface area (Å²) < 4.78 is 6.81. The smallest absolute Gasteiger partial charge is 0.413 e. The lowest BCUT2D eigenvalue weighted by molar-refractivity contribution is -0.116. The lowest BCUT2D eigenvalue weighted by Gasteiger charge is -2.21. The van der Waals surface area contributed by atoms with E-state index < -0.39 is 11.7 Å². The van der Waals surface area contributed by atoms with Gasteiger partial charge in [-0.3, -0.25) is 14.8 Å². The first-order valence-electron chi connectivity index (χ1n) is 9.87. The third-order valence-electron chi connectivity index (χ3n) is 4.59. The number of hydrogen-bond acceptors (Lipinski definition) is 6. The first-order valence-corrected chi connectivity index (χ1v) is 9.87. The van der Waals surface area contributed by atoms with Gasteiger partial charge in [0.15, 0.2) is 0 Å². The SMILES string of the molecule is CC(=O)N(Cc1ccc2ccc(NC(=O)OC(C)(C)C)nc2c1)c1cnn(C)c1CO. The second-order valence-corrected chi connectivity index (χ2v) is 8.21. The highest BCUT2D eigenvalue weighted by Gasteiger charge is 2.20. The van der Waals surface area contributed by atoms with Crippen LogP contribution in [0.2, 0.25) is 0 Å². The summed E-state index contributed by atoms with van der Waals surface area (Å²) in [6.45, 7) is 6.90. The number of ether oxygens (including phenoxy) is 1. The van der Waals surface area contributed by atoms with Gasteiger partial charge in [0.2, 0.25) is 5.91 Å². The molecule has 2 amide bonds. The largest absolute Gasteiger partial charge is 0.444 e. The van der Waals surface area contributed by atoms with Gasteiger partial charge in [-0.2, -0.15) is 5.10 Å². The monoisotopic (exact) mass is 425 g/mol. The predicted octanol–water partition coefficient (Wildman–Crippen LogP) is 3.36. The summed E-state index contributed by atoms with van der Waals surface area (Å²) in [4.78, 5) is 30.4. The number of benzene rings is 1. The molecule has 3 aromatic rings. The summed E-state index contributed by atoms with van der Waals surface area (Å²) in [5, 5.41) is 17.3.